The Morgan fingerprint density at radius 2 is 1.83 bits per heavy atom. The van der Waals surface area contributed by atoms with Crippen LogP contribution in [0, 0.1) is 0 Å². The first-order chi connectivity index (χ1) is 14.0. The van der Waals surface area contributed by atoms with Crippen LogP contribution >= 0.6 is 11.3 Å². The normalized spacial score (nSPS) is 15.6. The second kappa shape index (κ2) is 9.87. The highest BCUT2D eigenvalue weighted by atomic mass is 32.1. The van der Waals surface area contributed by atoms with Gasteiger partial charge < -0.3 is 14.8 Å². The van der Waals surface area contributed by atoms with E-state index in [9.17, 15) is 14.4 Å². The summed E-state index contributed by atoms with van der Waals surface area (Å²) in [4.78, 5) is 41.8. The Labute approximate surface area is 175 Å². The van der Waals surface area contributed by atoms with E-state index in [1.807, 2.05) is 35.9 Å². The van der Waals surface area contributed by atoms with Gasteiger partial charge in [-0.1, -0.05) is 25.8 Å². The second-order valence-corrected chi connectivity index (χ2v) is 8.62. The minimum atomic E-state index is -0.484. The largest absolute Gasteiger partial charge is 0.350 e. The molecule has 0 aromatic carbocycles. The van der Waals surface area contributed by atoms with E-state index in [-0.39, 0.29) is 23.1 Å². The van der Waals surface area contributed by atoms with Crippen molar-refractivity contribution in [1.29, 1.82) is 0 Å². The molecule has 1 N–H and O–H groups in total. The van der Waals surface area contributed by atoms with E-state index >= 15 is 0 Å². The number of pyridine rings is 1. The molecule has 3 rings (SSSR count). The van der Waals surface area contributed by atoms with Gasteiger partial charge in [0.05, 0.1) is 6.54 Å². The zero-order valence-electron chi connectivity index (χ0n) is 17.1. The molecule has 156 valence electrons. The fourth-order valence-electron chi connectivity index (χ4n) is 3.50. The molecule has 0 aliphatic carbocycles. The smallest absolute Gasteiger partial charge is 0.259 e. The summed E-state index contributed by atoms with van der Waals surface area (Å²) in [6, 6.07) is 3.93. The third-order valence-corrected chi connectivity index (χ3v) is 6.39. The van der Waals surface area contributed by atoms with Gasteiger partial charge in [0.25, 0.3) is 11.8 Å². The minimum absolute atomic E-state index is 0.0301. The van der Waals surface area contributed by atoms with Crippen LogP contribution < -0.4 is 10.7 Å². The Morgan fingerprint density at radius 1 is 1.14 bits per heavy atom. The summed E-state index contributed by atoms with van der Waals surface area (Å²) >= 11 is 1.55. The van der Waals surface area contributed by atoms with Crippen molar-refractivity contribution >= 4 is 23.2 Å². The molecule has 7 heteroatoms. The average molecular weight is 416 g/mol. The molecule has 2 amide bonds. The fourth-order valence-corrected chi connectivity index (χ4v) is 4.14. The molecule has 0 saturated carbocycles. The zero-order valence-corrected chi connectivity index (χ0v) is 18.0. The summed E-state index contributed by atoms with van der Waals surface area (Å²) in [5.41, 5.74) is -0.360. The monoisotopic (exact) mass is 415 g/mol. The molecule has 0 bridgehead atoms. The molecule has 0 spiro atoms. The number of nitrogens with zero attached hydrogens (tertiary/aromatic N) is 2. The van der Waals surface area contributed by atoms with Crippen molar-refractivity contribution in [3.63, 3.8) is 0 Å². The molecule has 1 atom stereocenters. The molecular formula is C22H29N3O3S. The van der Waals surface area contributed by atoms with E-state index in [1.54, 1.807) is 28.6 Å². The van der Waals surface area contributed by atoms with Crippen molar-refractivity contribution in [1.82, 2.24) is 14.8 Å². The predicted molar refractivity (Wildman–Crippen MR) is 116 cm³/mol. The Hall–Kier alpha value is -2.41. The van der Waals surface area contributed by atoms with Crippen molar-refractivity contribution in [2.45, 2.75) is 58.5 Å². The predicted octanol–water partition coefficient (Wildman–Crippen LogP) is 3.83. The molecule has 0 radical (unpaired) electrons. The zero-order chi connectivity index (χ0) is 20.8. The number of aromatic nitrogens is 1. The first-order valence-corrected chi connectivity index (χ1v) is 11.2. The molecule has 0 unspecified atom stereocenters. The van der Waals surface area contributed by atoms with Crippen LogP contribution in [0.1, 0.15) is 77.6 Å². The molecule has 1 aliphatic heterocycles. The number of carbonyl (C=O) groups excluding carboxylic acids is 2. The number of carbonyl (C=O) groups is 2. The van der Waals surface area contributed by atoms with Crippen molar-refractivity contribution in [3.8, 4) is 0 Å². The maximum absolute atomic E-state index is 13.1. The van der Waals surface area contributed by atoms with Gasteiger partial charge in [0, 0.05) is 36.4 Å². The summed E-state index contributed by atoms with van der Waals surface area (Å²) in [5, 5.41) is 4.76. The van der Waals surface area contributed by atoms with Crippen LogP contribution in [0.25, 0.3) is 0 Å². The van der Waals surface area contributed by atoms with E-state index in [0.717, 1.165) is 37.0 Å². The highest BCUT2D eigenvalue weighted by Gasteiger charge is 2.24. The third kappa shape index (κ3) is 5.15. The van der Waals surface area contributed by atoms with Crippen LogP contribution in [0.15, 0.2) is 34.7 Å². The van der Waals surface area contributed by atoms with Crippen LogP contribution in [0.5, 0.6) is 0 Å². The Kier molecular flexibility index (Phi) is 7.25. The summed E-state index contributed by atoms with van der Waals surface area (Å²) in [5.74, 6) is -0.701. The molecule has 3 heterocycles. The SMILES string of the molecule is CC[C@H](C)n1cc(C(=O)NCc2cccs2)c(=O)c(C(=O)N2CCCCCC2)c1. The third-order valence-electron chi connectivity index (χ3n) is 5.52. The summed E-state index contributed by atoms with van der Waals surface area (Å²) in [6.07, 6.45) is 8.15. The van der Waals surface area contributed by atoms with Crippen molar-refractivity contribution < 1.29 is 9.59 Å². The second-order valence-electron chi connectivity index (χ2n) is 7.59. The van der Waals surface area contributed by atoms with Gasteiger partial charge in [-0.05, 0) is 37.6 Å². The molecular weight excluding hydrogens is 386 g/mol. The fraction of sp³-hybridized carbons (Fsp3) is 0.500. The van der Waals surface area contributed by atoms with Gasteiger partial charge in [0.1, 0.15) is 11.1 Å². The molecule has 6 nitrogen and oxygen atoms in total. The number of hydrogen-bond acceptors (Lipinski definition) is 4. The average Bonchev–Trinajstić information content (AvgIpc) is 3.11. The summed E-state index contributed by atoms with van der Waals surface area (Å²) in [6.45, 7) is 5.74. The van der Waals surface area contributed by atoms with Crippen LogP contribution in [0.3, 0.4) is 0 Å². The van der Waals surface area contributed by atoms with Gasteiger partial charge in [-0.2, -0.15) is 0 Å². The molecule has 2 aromatic heterocycles. The summed E-state index contributed by atoms with van der Waals surface area (Å²) < 4.78 is 1.83. The topological polar surface area (TPSA) is 71.4 Å². The quantitative estimate of drug-likeness (QED) is 0.779. The molecule has 2 aromatic rings. The van der Waals surface area contributed by atoms with Crippen LogP contribution in [0.4, 0.5) is 0 Å². The number of rotatable bonds is 6. The lowest BCUT2D eigenvalue weighted by Crippen LogP contribution is -2.38. The lowest BCUT2D eigenvalue weighted by molar-refractivity contribution is 0.0759. The molecule has 1 saturated heterocycles. The lowest BCUT2D eigenvalue weighted by Gasteiger charge is -2.22. The van der Waals surface area contributed by atoms with E-state index in [0.29, 0.717) is 19.6 Å². The summed E-state index contributed by atoms with van der Waals surface area (Å²) in [7, 11) is 0. The molecule has 1 fully saturated rings. The Bertz CT molecular complexity index is 897. The number of likely N-dealkylation sites (tertiary alicyclic amines) is 1. The number of nitrogens with one attached hydrogen (secondary N) is 1. The van der Waals surface area contributed by atoms with Gasteiger partial charge in [0.15, 0.2) is 0 Å². The maximum atomic E-state index is 13.1. The Morgan fingerprint density at radius 3 is 2.45 bits per heavy atom. The number of hydrogen-bond donors (Lipinski definition) is 1. The van der Waals surface area contributed by atoms with Crippen molar-refractivity contribution in [3.05, 3.63) is 56.1 Å². The highest BCUT2D eigenvalue weighted by Crippen LogP contribution is 2.16. The molecule has 1 aliphatic rings. The van der Waals surface area contributed by atoms with E-state index in [1.165, 1.54) is 0 Å². The van der Waals surface area contributed by atoms with Crippen molar-refractivity contribution in [2.75, 3.05) is 13.1 Å². The lowest BCUT2D eigenvalue weighted by atomic mass is 10.1. The first kappa shape index (κ1) is 21.3. The van der Waals surface area contributed by atoms with Crippen molar-refractivity contribution in [2.24, 2.45) is 0 Å². The van der Waals surface area contributed by atoms with Crippen LogP contribution in [-0.4, -0.2) is 34.4 Å². The number of thiophene rings is 1. The highest BCUT2D eigenvalue weighted by molar-refractivity contribution is 7.09. The maximum Gasteiger partial charge on any atom is 0.259 e. The van der Waals surface area contributed by atoms with Crippen LogP contribution in [0.2, 0.25) is 0 Å². The first-order valence-electron chi connectivity index (χ1n) is 10.4. The van der Waals surface area contributed by atoms with E-state index < -0.39 is 11.3 Å². The minimum Gasteiger partial charge on any atom is -0.350 e. The standard InChI is InChI=1S/C22H29N3O3S/c1-3-16(2)25-14-18(21(27)23-13-17-9-8-12-29-17)20(26)19(15-25)22(28)24-10-6-4-5-7-11-24/h8-9,12,14-16H,3-7,10-11,13H2,1-2H3,(H,23,27)/t16-/m0/s1. The Balaban J connectivity index is 1.92. The molecule has 29 heavy (non-hydrogen) atoms. The van der Waals surface area contributed by atoms with Gasteiger partial charge in [-0.15, -0.1) is 11.3 Å². The number of amides is 2. The van der Waals surface area contributed by atoms with Gasteiger partial charge in [-0.3, -0.25) is 14.4 Å². The van der Waals surface area contributed by atoms with Gasteiger partial charge in [-0.25, -0.2) is 0 Å². The van der Waals surface area contributed by atoms with Gasteiger partial charge >= 0.3 is 0 Å². The van der Waals surface area contributed by atoms with Gasteiger partial charge in [0.2, 0.25) is 5.43 Å². The van der Waals surface area contributed by atoms with E-state index in [2.05, 4.69) is 5.32 Å². The van der Waals surface area contributed by atoms with Crippen LogP contribution in [-0.2, 0) is 6.54 Å². The van der Waals surface area contributed by atoms with E-state index in [4.69, 9.17) is 0 Å².